The van der Waals surface area contributed by atoms with E-state index in [1.54, 1.807) is 0 Å². The molecule has 0 bridgehead atoms. The third-order valence-corrected chi connectivity index (χ3v) is 6.35. The zero-order valence-electron chi connectivity index (χ0n) is 15.2. The van der Waals surface area contributed by atoms with Gasteiger partial charge in [-0.3, -0.25) is 9.69 Å². The van der Waals surface area contributed by atoms with Crippen molar-refractivity contribution in [1.29, 1.82) is 5.26 Å². The quantitative estimate of drug-likeness (QED) is 0.796. The van der Waals surface area contributed by atoms with Crippen LogP contribution in [0.4, 0.5) is 0 Å². The Kier molecular flexibility index (Phi) is 6.81. The highest BCUT2D eigenvalue weighted by Gasteiger charge is 2.40. The predicted octanol–water partition coefficient (Wildman–Crippen LogP) is 2.61. The number of rotatable bonds is 7. The van der Waals surface area contributed by atoms with E-state index in [-0.39, 0.29) is 18.1 Å². The van der Waals surface area contributed by atoms with E-state index in [4.69, 9.17) is 10.00 Å². The van der Waals surface area contributed by atoms with Crippen LogP contribution in [-0.2, 0) is 11.2 Å². The van der Waals surface area contributed by atoms with Gasteiger partial charge in [-0.05, 0) is 30.5 Å². The van der Waals surface area contributed by atoms with Gasteiger partial charge in [0.1, 0.15) is 5.75 Å². The third kappa shape index (κ3) is 4.93. The van der Waals surface area contributed by atoms with Crippen molar-refractivity contribution in [2.45, 2.75) is 37.6 Å². The van der Waals surface area contributed by atoms with E-state index in [1.807, 2.05) is 36.0 Å². The normalized spacial score (nSPS) is 19.7. The summed E-state index contributed by atoms with van der Waals surface area (Å²) < 4.78 is 5.58. The highest BCUT2D eigenvalue weighted by molar-refractivity contribution is 7.99. The Bertz CT molecular complexity index is 629. The van der Waals surface area contributed by atoms with Gasteiger partial charge in [0, 0.05) is 36.7 Å². The fourth-order valence-electron chi connectivity index (χ4n) is 3.93. The van der Waals surface area contributed by atoms with Crippen molar-refractivity contribution in [2.24, 2.45) is 0 Å². The van der Waals surface area contributed by atoms with E-state index in [0.717, 1.165) is 25.2 Å². The first-order valence-corrected chi connectivity index (χ1v) is 10.6. The van der Waals surface area contributed by atoms with Gasteiger partial charge in [-0.15, -0.1) is 0 Å². The van der Waals surface area contributed by atoms with Crippen LogP contribution in [0.5, 0.6) is 5.75 Å². The first-order valence-electron chi connectivity index (χ1n) is 9.40. The van der Waals surface area contributed by atoms with Gasteiger partial charge in [0.15, 0.2) is 6.61 Å². The summed E-state index contributed by atoms with van der Waals surface area (Å²) in [6.45, 7) is 3.02. The number of carbonyl (C=O) groups is 1. The SMILES string of the molecule is N#CCc1ccc(OCC(=O)NCC2(N3CCSCC3)CCCC2)cc1. The van der Waals surface area contributed by atoms with Gasteiger partial charge >= 0.3 is 0 Å². The second-order valence-corrected chi connectivity index (χ2v) is 8.30. The molecule has 1 aromatic rings. The fourth-order valence-corrected chi connectivity index (χ4v) is 4.84. The molecule has 0 radical (unpaired) electrons. The molecule has 1 aromatic carbocycles. The van der Waals surface area contributed by atoms with Crippen molar-refractivity contribution in [3.8, 4) is 11.8 Å². The molecule has 5 nitrogen and oxygen atoms in total. The van der Waals surface area contributed by atoms with Gasteiger partial charge in [0.25, 0.3) is 5.91 Å². The van der Waals surface area contributed by atoms with Crippen LogP contribution in [0.1, 0.15) is 31.2 Å². The van der Waals surface area contributed by atoms with Crippen LogP contribution in [0.3, 0.4) is 0 Å². The van der Waals surface area contributed by atoms with Gasteiger partial charge < -0.3 is 10.1 Å². The molecular formula is C20H27N3O2S. The zero-order valence-corrected chi connectivity index (χ0v) is 16.0. The summed E-state index contributed by atoms with van der Waals surface area (Å²) in [5.41, 5.74) is 1.10. The monoisotopic (exact) mass is 373 g/mol. The number of nitriles is 1. The Morgan fingerprint density at radius 2 is 1.92 bits per heavy atom. The Labute approximate surface area is 160 Å². The van der Waals surface area contributed by atoms with Crippen LogP contribution in [0.2, 0.25) is 0 Å². The van der Waals surface area contributed by atoms with Crippen molar-refractivity contribution < 1.29 is 9.53 Å². The minimum atomic E-state index is -0.0660. The smallest absolute Gasteiger partial charge is 0.258 e. The second-order valence-electron chi connectivity index (χ2n) is 7.08. The Morgan fingerprint density at radius 3 is 2.58 bits per heavy atom. The topological polar surface area (TPSA) is 65.4 Å². The Balaban J connectivity index is 1.47. The number of thioether (sulfide) groups is 1. The van der Waals surface area contributed by atoms with Crippen molar-refractivity contribution in [3.05, 3.63) is 29.8 Å². The van der Waals surface area contributed by atoms with Crippen LogP contribution in [0.25, 0.3) is 0 Å². The average molecular weight is 374 g/mol. The summed E-state index contributed by atoms with van der Waals surface area (Å²) in [4.78, 5) is 14.9. The molecule has 6 heteroatoms. The maximum absolute atomic E-state index is 12.3. The van der Waals surface area contributed by atoms with Crippen LogP contribution in [0, 0.1) is 11.3 Å². The molecule has 1 N–H and O–H groups in total. The van der Waals surface area contributed by atoms with Crippen molar-refractivity contribution in [2.75, 3.05) is 37.7 Å². The van der Waals surface area contributed by atoms with E-state index in [9.17, 15) is 4.79 Å². The van der Waals surface area contributed by atoms with Crippen LogP contribution in [0.15, 0.2) is 24.3 Å². The lowest BCUT2D eigenvalue weighted by Crippen LogP contribution is -2.56. The first-order chi connectivity index (χ1) is 12.7. The van der Waals surface area contributed by atoms with Gasteiger partial charge in [-0.25, -0.2) is 0 Å². The van der Waals surface area contributed by atoms with Crippen molar-refractivity contribution in [3.63, 3.8) is 0 Å². The lowest BCUT2D eigenvalue weighted by Gasteiger charge is -2.43. The van der Waals surface area contributed by atoms with E-state index in [2.05, 4.69) is 16.3 Å². The van der Waals surface area contributed by atoms with Gasteiger partial charge in [-0.1, -0.05) is 25.0 Å². The number of carbonyl (C=O) groups excluding carboxylic acids is 1. The molecule has 1 aliphatic heterocycles. The molecule has 1 saturated carbocycles. The van der Waals surface area contributed by atoms with Crippen LogP contribution >= 0.6 is 11.8 Å². The van der Waals surface area contributed by atoms with Gasteiger partial charge in [0.05, 0.1) is 12.5 Å². The summed E-state index contributed by atoms with van der Waals surface area (Å²) in [6, 6.07) is 9.46. The minimum Gasteiger partial charge on any atom is -0.484 e. The van der Waals surface area contributed by atoms with Crippen LogP contribution < -0.4 is 10.1 Å². The summed E-state index contributed by atoms with van der Waals surface area (Å²) in [7, 11) is 0. The van der Waals surface area contributed by atoms with E-state index >= 15 is 0 Å². The number of nitrogens with one attached hydrogen (secondary N) is 1. The number of hydrogen-bond acceptors (Lipinski definition) is 5. The second kappa shape index (κ2) is 9.29. The molecule has 2 fully saturated rings. The average Bonchev–Trinajstić information content (AvgIpc) is 3.17. The molecule has 1 aliphatic carbocycles. The predicted molar refractivity (Wildman–Crippen MR) is 104 cm³/mol. The van der Waals surface area contributed by atoms with Crippen molar-refractivity contribution >= 4 is 17.7 Å². The number of amides is 1. The summed E-state index contributed by atoms with van der Waals surface area (Å²) in [5, 5.41) is 11.8. The maximum Gasteiger partial charge on any atom is 0.258 e. The third-order valence-electron chi connectivity index (χ3n) is 5.41. The van der Waals surface area contributed by atoms with E-state index in [1.165, 1.54) is 37.2 Å². The summed E-state index contributed by atoms with van der Waals surface area (Å²) >= 11 is 2.02. The number of hydrogen-bond donors (Lipinski definition) is 1. The number of benzene rings is 1. The molecule has 1 saturated heterocycles. The maximum atomic E-state index is 12.3. The Morgan fingerprint density at radius 1 is 1.23 bits per heavy atom. The molecule has 1 amide bonds. The lowest BCUT2D eigenvalue weighted by molar-refractivity contribution is -0.123. The number of nitrogens with zero attached hydrogens (tertiary/aromatic N) is 2. The molecule has 2 aliphatic rings. The molecule has 140 valence electrons. The van der Waals surface area contributed by atoms with Gasteiger partial charge in [-0.2, -0.15) is 17.0 Å². The highest BCUT2D eigenvalue weighted by Crippen LogP contribution is 2.36. The van der Waals surface area contributed by atoms with Crippen molar-refractivity contribution in [1.82, 2.24) is 10.2 Å². The lowest BCUT2D eigenvalue weighted by atomic mass is 9.94. The molecule has 0 unspecified atom stereocenters. The van der Waals surface area contributed by atoms with E-state index in [0.29, 0.717) is 12.2 Å². The fraction of sp³-hybridized carbons (Fsp3) is 0.600. The molecular weight excluding hydrogens is 346 g/mol. The van der Waals surface area contributed by atoms with Gasteiger partial charge in [0.2, 0.25) is 0 Å². The molecule has 0 atom stereocenters. The van der Waals surface area contributed by atoms with Crippen LogP contribution in [-0.4, -0.2) is 54.1 Å². The number of ether oxygens (including phenoxy) is 1. The molecule has 3 rings (SSSR count). The standard InChI is InChI=1S/C20H27N3O2S/c21-10-7-17-3-5-18(6-4-17)25-15-19(24)22-16-20(8-1-2-9-20)23-11-13-26-14-12-23/h3-6H,1-2,7-9,11-16H2,(H,22,24). The zero-order chi connectivity index (χ0) is 18.2. The summed E-state index contributed by atoms with van der Waals surface area (Å²) in [6.07, 6.45) is 5.26. The molecule has 0 spiro atoms. The highest BCUT2D eigenvalue weighted by atomic mass is 32.2. The first kappa shape index (κ1) is 19.1. The summed E-state index contributed by atoms with van der Waals surface area (Å²) in [5.74, 6) is 2.98. The molecule has 26 heavy (non-hydrogen) atoms. The van der Waals surface area contributed by atoms with E-state index < -0.39 is 0 Å². The molecule has 0 aromatic heterocycles. The minimum absolute atomic E-state index is 0.0313. The largest absolute Gasteiger partial charge is 0.484 e. The Hall–Kier alpha value is -1.71. The molecule has 1 heterocycles.